The minimum absolute atomic E-state index is 0.0497. The van der Waals surface area contributed by atoms with Crippen LogP contribution in [0.15, 0.2) is 23.3 Å². The zero-order chi connectivity index (χ0) is 21.5. The molecular weight excluding hydrogens is 366 g/mol. The molecule has 1 aliphatic heterocycles. The van der Waals surface area contributed by atoms with Crippen molar-refractivity contribution in [1.29, 1.82) is 0 Å². The molecule has 0 radical (unpaired) electrons. The molecule has 0 saturated carbocycles. The van der Waals surface area contributed by atoms with Gasteiger partial charge in [0.15, 0.2) is 11.6 Å². The Bertz CT molecular complexity index is 806. The third-order valence-electron chi connectivity index (χ3n) is 7.16. The number of ketones is 3. The highest BCUT2D eigenvalue weighted by Crippen LogP contribution is 2.55. The van der Waals surface area contributed by atoms with Crippen molar-refractivity contribution < 1.29 is 19.2 Å². The van der Waals surface area contributed by atoms with Crippen molar-refractivity contribution in [2.75, 3.05) is 0 Å². The van der Waals surface area contributed by atoms with Crippen LogP contribution >= 0.6 is 0 Å². The maximum absolute atomic E-state index is 13.7. The first-order valence-electron chi connectivity index (χ1n) is 10.8. The highest BCUT2D eigenvalue weighted by molar-refractivity contribution is 6.37. The summed E-state index contributed by atoms with van der Waals surface area (Å²) in [6.45, 7) is 10.3. The summed E-state index contributed by atoms with van der Waals surface area (Å²) in [7, 11) is 0. The van der Waals surface area contributed by atoms with Gasteiger partial charge in [-0.1, -0.05) is 44.1 Å². The minimum atomic E-state index is -1.19. The van der Waals surface area contributed by atoms with Crippen molar-refractivity contribution in [3.63, 3.8) is 0 Å². The summed E-state index contributed by atoms with van der Waals surface area (Å²) in [4.78, 5) is 51.5. The van der Waals surface area contributed by atoms with Gasteiger partial charge < -0.3 is 5.32 Å². The van der Waals surface area contributed by atoms with E-state index < -0.39 is 17.0 Å². The fourth-order valence-electron chi connectivity index (χ4n) is 5.62. The molecule has 1 saturated heterocycles. The Morgan fingerprint density at radius 3 is 2.24 bits per heavy atom. The van der Waals surface area contributed by atoms with Gasteiger partial charge in [-0.05, 0) is 38.5 Å². The van der Waals surface area contributed by atoms with Gasteiger partial charge in [0.05, 0.1) is 0 Å². The van der Waals surface area contributed by atoms with E-state index in [0.717, 1.165) is 12.0 Å². The van der Waals surface area contributed by atoms with Crippen LogP contribution in [0.4, 0.5) is 0 Å². The summed E-state index contributed by atoms with van der Waals surface area (Å²) >= 11 is 0. The first kappa shape index (κ1) is 21.7. The normalized spacial score (nSPS) is 36.1. The van der Waals surface area contributed by atoms with Gasteiger partial charge in [-0.15, -0.1) is 0 Å². The number of rotatable bonds is 2. The smallest absolute Gasteiger partial charge is 0.235 e. The quantitative estimate of drug-likeness (QED) is 0.437. The topological polar surface area (TPSA) is 80.3 Å². The highest BCUT2D eigenvalue weighted by Gasteiger charge is 2.65. The number of hydrogen-bond donors (Lipinski definition) is 1. The monoisotopic (exact) mass is 399 g/mol. The Morgan fingerprint density at radius 1 is 1.00 bits per heavy atom. The van der Waals surface area contributed by atoms with Crippen molar-refractivity contribution >= 4 is 23.3 Å². The SMILES string of the molecule is CC1=CC2C=C(C)C(C)C3C(CC(C)C)NC(=O)C23C(=O)CCC(=O)C(=O)CC1. The number of allylic oxidation sites excluding steroid dienone is 4. The summed E-state index contributed by atoms with van der Waals surface area (Å²) in [6, 6.07) is -0.0660. The fraction of sp³-hybridized carbons (Fsp3) is 0.667. The van der Waals surface area contributed by atoms with Crippen LogP contribution in [0.25, 0.3) is 0 Å². The molecule has 5 unspecified atom stereocenters. The van der Waals surface area contributed by atoms with E-state index in [1.165, 1.54) is 5.57 Å². The summed E-state index contributed by atoms with van der Waals surface area (Å²) < 4.78 is 0. The van der Waals surface area contributed by atoms with Crippen LogP contribution in [0.1, 0.15) is 66.7 Å². The van der Waals surface area contributed by atoms with Crippen LogP contribution in [-0.2, 0) is 19.2 Å². The molecule has 1 N–H and O–H groups in total. The molecule has 0 aromatic heterocycles. The lowest BCUT2D eigenvalue weighted by Crippen LogP contribution is -2.52. The summed E-state index contributed by atoms with van der Waals surface area (Å²) in [5.41, 5.74) is 0.954. The van der Waals surface area contributed by atoms with Crippen LogP contribution in [0.5, 0.6) is 0 Å². The molecule has 1 amide bonds. The largest absolute Gasteiger partial charge is 0.352 e. The van der Waals surface area contributed by atoms with E-state index in [9.17, 15) is 19.2 Å². The molecule has 5 nitrogen and oxygen atoms in total. The molecule has 0 bridgehead atoms. The maximum Gasteiger partial charge on any atom is 0.235 e. The number of hydrogen-bond acceptors (Lipinski definition) is 4. The second-order valence-corrected chi connectivity index (χ2v) is 9.61. The van der Waals surface area contributed by atoms with Crippen molar-refractivity contribution in [3.8, 4) is 0 Å². The predicted molar refractivity (Wildman–Crippen MR) is 111 cm³/mol. The van der Waals surface area contributed by atoms with Gasteiger partial charge in [-0.2, -0.15) is 0 Å². The van der Waals surface area contributed by atoms with E-state index >= 15 is 0 Å². The molecular formula is C24H33NO4. The van der Waals surface area contributed by atoms with Crippen LogP contribution < -0.4 is 5.32 Å². The van der Waals surface area contributed by atoms with Crippen LogP contribution in [0, 0.1) is 29.1 Å². The van der Waals surface area contributed by atoms with Crippen LogP contribution in [0.2, 0.25) is 0 Å². The van der Waals surface area contributed by atoms with Gasteiger partial charge in [-0.3, -0.25) is 19.2 Å². The molecule has 29 heavy (non-hydrogen) atoms. The van der Waals surface area contributed by atoms with E-state index in [-0.39, 0.29) is 54.7 Å². The first-order chi connectivity index (χ1) is 13.6. The highest BCUT2D eigenvalue weighted by atomic mass is 16.2. The van der Waals surface area contributed by atoms with E-state index in [4.69, 9.17) is 0 Å². The number of amides is 1. The van der Waals surface area contributed by atoms with Gasteiger partial charge in [0.25, 0.3) is 0 Å². The molecule has 1 heterocycles. The lowest BCUT2D eigenvalue weighted by molar-refractivity contribution is -0.146. The lowest BCUT2D eigenvalue weighted by Gasteiger charge is -2.45. The lowest BCUT2D eigenvalue weighted by atomic mass is 9.54. The molecule has 5 atom stereocenters. The Balaban J connectivity index is 2.17. The predicted octanol–water partition coefficient (Wildman–Crippen LogP) is 3.57. The third kappa shape index (κ3) is 3.64. The molecule has 2 aliphatic carbocycles. The Morgan fingerprint density at radius 2 is 1.62 bits per heavy atom. The standard InChI is InChI=1S/C24H33NO4/c1-13(2)10-18-22-16(5)15(4)12-17-11-14(3)6-7-19(26)20(27)8-9-21(28)24(17,22)23(29)25-18/h11-13,16-18,22H,6-10H2,1-5H3,(H,25,29). The molecule has 3 aliphatic rings. The molecule has 0 aromatic carbocycles. The van der Waals surface area contributed by atoms with Crippen molar-refractivity contribution in [3.05, 3.63) is 23.3 Å². The van der Waals surface area contributed by atoms with Crippen molar-refractivity contribution in [2.24, 2.45) is 29.1 Å². The van der Waals surface area contributed by atoms with Gasteiger partial charge in [0.2, 0.25) is 5.91 Å². The second-order valence-electron chi connectivity index (χ2n) is 9.61. The number of carbonyl (C=O) groups excluding carboxylic acids is 4. The third-order valence-corrected chi connectivity index (χ3v) is 7.16. The van der Waals surface area contributed by atoms with Gasteiger partial charge in [0.1, 0.15) is 11.2 Å². The van der Waals surface area contributed by atoms with E-state index in [2.05, 4.69) is 39.1 Å². The molecule has 5 heteroatoms. The summed E-state index contributed by atoms with van der Waals surface area (Å²) in [6.07, 6.45) is 5.39. The number of Topliss-reactive ketones (excluding diaryl/α,β-unsaturated/α-hetero) is 3. The molecule has 1 fully saturated rings. The maximum atomic E-state index is 13.7. The van der Waals surface area contributed by atoms with Gasteiger partial charge >= 0.3 is 0 Å². The Hall–Kier alpha value is -2.04. The number of carbonyl (C=O) groups is 4. The molecule has 158 valence electrons. The first-order valence-corrected chi connectivity index (χ1v) is 10.8. The molecule has 3 rings (SSSR count). The minimum Gasteiger partial charge on any atom is -0.352 e. The van der Waals surface area contributed by atoms with Crippen LogP contribution in [0.3, 0.4) is 0 Å². The Kier molecular flexibility index (Phi) is 5.98. The van der Waals surface area contributed by atoms with Crippen molar-refractivity contribution in [1.82, 2.24) is 5.32 Å². The molecule has 0 aromatic rings. The van der Waals surface area contributed by atoms with Crippen molar-refractivity contribution in [2.45, 2.75) is 72.8 Å². The number of nitrogens with one attached hydrogen (secondary N) is 1. The zero-order valence-corrected chi connectivity index (χ0v) is 18.2. The average molecular weight is 400 g/mol. The summed E-state index contributed by atoms with van der Waals surface area (Å²) in [5.74, 6) is -1.31. The Labute approximate surface area is 173 Å². The van der Waals surface area contributed by atoms with E-state index in [0.29, 0.717) is 12.3 Å². The van der Waals surface area contributed by atoms with E-state index in [1.807, 2.05) is 13.0 Å². The second kappa shape index (κ2) is 8.00. The van der Waals surface area contributed by atoms with Crippen LogP contribution in [-0.4, -0.2) is 29.3 Å². The van der Waals surface area contributed by atoms with Gasteiger partial charge in [-0.25, -0.2) is 0 Å². The average Bonchev–Trinajstić information content (AvgIpc) is 2.93. The van der Waals surface area contributed by atoms with Gasteiger partial charge in [0, 0.05) is 37.1 Å². The molecule has 1 spiro atoms. The van der Waals surface area contributed by atoms with E-state index in [1.54, 1.807) is 0 Å². The summed E-state index contributed by atoms with van der Waals surface area (Å²) in [5, 5.41) is 3.16. The zero-order valence-electron chi connectivity index (χ0n) is 18.2. The fourth-order valence-corrected chi connectivity index (χ4v) is 5.62.